The molecule has 0 saturated heterocycles. The van der Waals surface area contributed by atoms with E-state index >= 15 is 0 Å². The number of fused-ring (bicyclic) bond motifs is 3. The van der Waals surface area contributed by atoms with Gasteiger partial charge in [-0.25, -0.2) is 4.98 Å². The Kier molecular flexibility index (Phi) is 3.47. The lowest BCUT2D eigenvalue weighted by atomic mass is 9.70. The number of nitrogens with zero attached hydrogens (tertiary/aromatic N) is 1. The summed E-state index contributed by atoms with van der Waals surface area (Å²) in [6.07, 6.45) is 2.44. The van der Waals surface area contributed by atoms with Crippen molar-refractivity contribution >= 4 is 28.5 Å². The van der Waals surface area contributed by atoms with E-state index in [0.717, 1.165) is 11.1 Å². The molecule has 4 nitrogen and oxygen atoms in total. The predicted octanol–water partition coefficient (Wildman–Crippen LogP) is 4.33. The van der Waals surface area contributed by atoms with E-state index in [0.29, 0.717) is 39.5 Å². The van der Waals surface area contributed by atoms with Crippen LogP contribution in [0.3, 0.4) is 0 Å². The quantitative estimate of drug-likeness (QED) is 0.851. The van der Waals surface area contributed by atoms with Gasteiger partial charge in [0, 0.05) is 17.1 Å². The third-order valence-electron chi connectivity index (χ3n) is 6.28. The van der Waals surface area contributed by atoms with Crippen LogP contribution in [0.25, 0.3) is 11.0 Å². The van der Waals surface area contributed by atoms with Crippen molar-refractivity contribution in [2.75, 3.05) is 0 Å². The lowest BCUT2D eigenvalue weighted by Crippen LogP contribution is -2.46. The number of amides is 1. The van der Waals surface area contributed by atoms with E-state index in [1.807, 2.05) is 13.0 Å². The molecule has 2 aliphatic rings. The van der Waals surface area contributed by atoms with Gasteiger partial charge in [-0.2, -0.15) is 0 Å². The molecule has 1 amide bonds. The monoisotopic (exact) mass is 345 g/mol. The first kappa shape index (κ1) is 15.9. The van der Waals surface area contributed by atoms with Gasteiger partial charge in [0.2, 0.25) is 0 Å². The van der Waals surface area contributed by atoms with Crippen molar-refractivity contribution in [3.63, 3.8) is 0 Å². The molecule has 2 N–H and O–H groups in total. The van der Waals surface area contributed by atoms with Gasteiger partial charge in [0.05, 0.1) is 5.02 Å². The molecular formula is C19H24ClN3O. The van der Waals surface area contributed by atoms with Crippen LogP contribution in [0.15, 0.2) is 12.1 Å². The Hall–Kier alpha value is -1.55. The highest BCUT2D eigenvalue weighted by Crippen LogP contribution is 2.58. The minimum absolute atomic E-state index is 0.0519. The van der Waals surface area contributed by atoms with E-state index in [1.54, 1.807) is 6.07 Å². The molecule has 2 fully saturated rings. The van der Waals surface area contributed by atoms with Crippen molar-refractivity contribution in [1.29, 1.82) is 0 Å². The molecule has 4 rings (SSSR count). The van der Waals surface area contributed by atoms with E-state index in [9.17, 15) is 4.79 Å². The molecule has 0 radical (unpaired) electrons. The second kappa shape index (κ2) is 5.22. The molecule has 2 aromatic heterocycles. The number of hydrogen-bond acceptors (Lipinski definition) is 2. The minimum Gasteiger partial charge on any atom is -0.347 e. The first-order valence-corrected chi connectivity index (χ1v) is 9.11. The molecule has 2 aliphatic carbocycles. The fourth-order valence-electron chi connectivity index (χ4n) is 5.22. The Morgan fingerprint density at radius 1 is 1.42 bits per heavy atom. The van der Waals surface area contributed by atoms with Crippen molar-refractivity contribution in [1.82, 2.24) is 15.3 Å². The largest absolute Gasteiger partial charge is 0.347 e. The lowest BCUT2D eigenvalue weighted by molar-refractivity contribution is 0.0832. The molecule has 24 heavy (non-hydrogen) atoms. The average Bonchev–Trinajstić information content (AvgIpc) is 3.11. The standard InChI is InChI=1S/C19H24ClN3O/c1-9-5-14(20)12-7-15(22-17(12)21-9)18(24)23-16-10(2)13-6-11(16)8-19(13,3)4/h5,7,10-11,13,16H,6,8H2,1-4H3,(H,21,22)(H,23,24)/t10-,11?,13-,16+/m0/s1. The highest BCUT2D eigenvalue weighted by molar-refractivity contribution is 6.35. The van der Waals surface area contributed by atoms with Crippen LogP contribution in [0.1, 0.15) is 49.8 Å². The van der Waals surface area contributed by atoms with Gasteiger partial charge in [-0.05, 0) is 55.1 Å². The Balaban J connectivity index is 1.56. The summed E-state index contributed by atoms with van der Waals surface area (Å²) in [7, 11) is 0. The number of nitrogens with one attached hydrogen (secondary N) is 2. The maximum atomic E-state index is 12.7. The Bertz CT molecular complexity index is 823. The molecule has 2 aromatic rings. The summed E-state index contributed by atoms with van der Waals surface area (Å²) in [6, 6.07) is 3.90. The Labute approximate surface area is 147 Å². The van der Waals surface area contributed by atoms with E-state index in [2.05, 4.69) is 36.1 Å². The molecule has 2 bridgehead atoms. The van der Waals surface area contributed by atoms with Crippen LogP contribution < -0.4 is 5.32 Å². The molecule has 0 aromatic carbocycles. The summed E-state index contributed by atoms with van der Waals surface area (Å²) >= 11 is 6.26. The van der Waals surface area contributed by atoms with Gasteiger partial charge in [0.25, 0.3) is 5.91 Å². The van der Waals surface area contributed by atoms with Crippen molar-refractivity contribution in [2.45, 2.75) is 46.6 Å². The molecule has 0 aliphatic heterocycles. The maximum Gasteiger partial charge on any atom is 0.268 e. The zero-order chi connectivity index (χ0) is 17.2. The SMILES string of the molecule is Cc1cc(Cl)c2cc(C(=O)N[C@H]3C4C[C@@H]([C@@H]3C)C(C)(C)C4)[nH]c2n1. The fraction of sp³-hybridized carbons (Fsp3) is 0.579. The van der Waals surface area contributed by atoms with Crippen molar-refractivity contribution < 1.29 is 4.79 Å². The number of H-pyrrole nitrogens is 1. The Morgan fingerprint density at radius 3 is 2.83 bits per heavy atom. The molecule has 0 spiro atoms. The fourth-order valence-corrected chi connectivity index (χ4v) is 5.52. The molecule has 2 heterocycles. The smallest absolute Gasteiger partial charge is 0.268 e. The normalized spacial score (nSPS) is 30.9. The molecule has 4 atom stereocenters. The summed E-state index contributed by atoms with van der Waals surface area (Å²) < 4.78 is 0. The van der Waals surface area contributed by atoms with Crippen LogP contribution in [-0.2, 0) is 0 Å². The molecule has 5 heteroatoms. The third-order valence-corrected chi connectivity index (χ3v) is 6.59. The molecule has 128 valence electrons. The van der Waals surface area contributed by atoms with Gasteiger partial charge < -0.3 is 10.3 Å². The number of aryl methyl sites for hydroxylation is 1. The number of pyridine rings is 1. The van der Waals surface area contributed by atoms with Crippen LogP contribution >= 0.6 is 11.6 Å². The van der Waals surface area contributed by atoms with Crippen LogP contribution in [0.2, 0.25) is 5.02 Å². The second-order valence-electron chi connectivity index (χ2n) is 8.34. The van der Waals surface area contributed by atoms with E-state index < -0.39 is 0 Å². The lowest BCUT2D eigenvalue weighted by Gasteiger charge is -2.39. The second-order valence-corrected chi connectivity index (χ2v) is 8.75. The van der Waals surface area contributed by atoms with E-state index in [-0.39, 0.29) is 11.9 Å². The van der Waals surface area contributed by atoms with Gasteiger partial charge in [0.15, 0.2) is 0 Å². The zero-order valence-electron chi connectivity index (χ0n) is 14.6. The average molecular weight is 346 g/mol. The number of rotatable bonds is 2. The zero-order valence-corrected chi connectivity index (χ0v) is 15.4. The topological polar surface area (TPSA) is 57.8 Å². The van der Waals surface area contributed by atoms with Crippen LogP contribution in [-0.4, -0.2) is 21.9 Å². The van der Waals surface area contributed by atoms with Gasteiger partial charge >= 0.3 is 0 Å². The number of aromatic amines is 1. The summed E-state index contributed by atoms with van der Waals surface area (Å²) in [6.45, 7) is 8.90. The van der Waals surface area contributed by atoms with Gasteiger partial charge in [-0.15, -0.1) is 0 Å². The highest BCUT2D eigenvalue weighted by atomic mass is 35.5. The van der Waals surface area contributed by atoms with Crippen LogP contribution in [0.4, 0.5) is 0 Å². The highest BCUT2D eigenvalue weighted by Gasteiger charge is 2.54. The van der Waals surface area contributed by atoms with Gasteiger partial charge in [-0.3, -0.25) is 4.79 Å². The first-order valence-electron chi connectivity index (χ1n) is 8.73. The summed E-state index contributed by atoms with van der Waals surface area (Å²) in [4.78, 5) is 20.3. The number of carbonyl (C=O) groups is 1. The van der Waals surface area contributed by atoms with Crippen molar-refractivity contribution in [2.24, 2.45) is 23.2 Å². The number of hydrogen-bond donors (Lipinski definition) is 2. The van der Waals surface area contributed by atoms with Crippen LogP contribution in [0.5, 0.6) is 0 Å². The molecular weight excluding hydrogens is 322 g/mol. The number of aromatic nitrogens is 2. The molecule has 2 saturated carbocycles. The van der Waals surface area contributed by atoms with Gasteiger partial charge in [-0.1, -0.05) is 32.4 Å². The number of halogens is 1. The Morgan fingerprint density at radius 2 is 2.17 bits per heavy atom. The predicted molar refractivity (Wildman–Crippen MR) is 96.3 cm³/mol. The van der Waals surface area contributed by atoms with E-state index in [1.165, 1.54) is 12.8 Å². The van der Waals surface area contributed by atoms with Crippen molar-refractivity contribution in [3.05, 3.63) is 28.5 Å². The van der Waals surface area contributed by atoms with E-state index in [4.69, 9.17) is 11.6 Å². The maximum absolute atomic E-state index is 12.7. The minimum atomic E-state index is -0.0519. The molecule has 1 unspecified atom stereocenters. The first-order chi connectivity index (χ1) is 11.3. The van der Waals surface area contributed by atoms with Crippen LogP contribution in [0, 0.1) is 30.1 Å². The summed E-state index contributed by atoms with van der Waals surface area (Å²) in [5, 5.41) is 4.70. The summed E-state index contributed by atoms with van der Waals surface area (Å²) in [5.74, 6) is 1.77. The summed E-state index contributed by atoms with van der Waals surface area (Å²) in [5.41, 5.74) is 2.46. The number of carbonyl (C=O) groups excluding carboxylic acids is 1. The third kappa shape index (κ3) is 2.34. The van der Waals surface area contributed by atoms with Gasteiger partial charge in [0.1, 0.15) is 11.3 Å². The van der Waals surface area contributed by atoms with Crippen molar-refractivity contribution in [3.8, 4) is 0 Å².